The van der Waals surface area contributed by atoms with Gasteiger partial charge in [0.2, 0.25) is 0 Å². The Hall–Kier alpha value is -2.49. The number of alkyl halides is 1. The predicted molar refractivity (Wildman–Crippen MR) is 132 cm³/mol. The lowest BCUT2D eigenvalue weighted by Crippen LogP contribution is -2.44. The van der Waals surface area contributed by atoms with Gasteiger partial charge in [0, 0.05) is 11.6 Å². The number of hydrogen-bond donors (Lipinski definition) is 5. The van der Waals surface area contributed by atoms with E-state index in [-0.39, 0.29) is 37.7 Å². The maximum Gasteiger partial charge on any atom is 0.122 e. The summed E-state index contributed by atoms with van der Waals surface area (Å²) >= 11 is 5.63. The first-order chi connectivity index (χ1) is 16.2. The second-order valence-corrected chi connectivity index (χ2v) is 9.18. The number of nitrogens with one attached hydrogen (secondary N) is 2. The van der Waals surface area contributed by atoms with Gasteiger partial charge in [0.15, 0.2) is 0 Å². The molecular weight excluding hydrogens is 458 g/mol. The Morgan fingerprint density at radius 2 is 1.68 bits per heavy atom. The fraction of sp³-hybridized carbons (Fsp3) is 0.440. The molecule has 8 nitrogen and oxygen atoms in total. The van der Waals surface area contributed by atoms with E-state index in [9.17, 15) is 15.3 Å². The first kappa shape index (κ1) is 26.1. The molecule has 1 aliphatic rings. The maximum atomic E-state index is 10.3. The molecule has 2 aromatic carbocycles. The van der Waals surface area contributed by atoms with Crippen molar-refractivity contribution in [3.8, 4) is 11.5 Å². The van der Waals surface area contributed by atoms with Crippen LogP contribution in [0.25, 0.3) is 0 Å². The van der Waals surface area contributed by atoms with Crippen LogP contribution < -0.4 is 20.4 Å². The quantitative estimate of drug-likeness (QED) is 0.288. The van der Waals surface area contributed by atoms with Gasteiger partial charge in [-0.15, -0.1) is 17.1 Å². The van der Waals surface area contributed by atoms with E-state index < -0.39 is 12.2 Å². The van der Waals surface area contributed by atoms with Crippen molar-refractivity contribution in [3.63, 3.8) is 0 Å². The lowest BCUT2D eigenvalue weighted by atomic mass is 9.77. The molecule has 1 heterocycles. The lowest BCUT2D eigenvalue weighted by molar-refractivity contribution is 0.0600. The lowest BCUT2D eigenvalue weighted by Gasteiger charge is -2.27. The topological polar surface area (TPSA) is 106 Å². The van der Waals surface area contributed by atoms with Gasteiger partial charge in [0.05, 0.1) is 24.7 Å². The Bertz CT molecular complexity index is 968. The number of nitrogens with zero attached hydrogens (tertiary/aromatic N) is 1. The number of benzene rings is 2. The number of aliphatic hydroxyl groups excluding tert-OH is 3. The molecule has 0 bridgehead atoms. The molecule has 0 saturated heterocycles. The van der Waals surface area contributed by atoms with Crippen LogP contribution in [-0.4, -0.2) is 64.8 Å². The number of ether oxygens (including phenoxy) is 2. The van der Waals surface area contributed by atoms with Gasteiger partial charge in [0.1, 0.15) is 36.9 Å². The molecule has 9 heteroatoms. The minimum absolute atomic E-state index is 0.124. The zero-order valence-corrected chi connectivity index (χ0v) is 20.5. The van der Waals surface area contributed by atoms with Gasteiger partial charge in [-0.05, 0) is 41.8 Å². The summed E-state index contributed by atoms with van der Waals surface area (Å²) in [6.45, 7) is 6.72. The van der Waals surface area contributed by atoms with Gasteiger partial charge in [0.25, 0.3) is 0 Å². The van der Waals surface area contributed by atoms with Crippen LogP contribution in [0.4, 0.5) is 0 Å². The predicted octanol–water partition coefficient (Wildman–Crippen LogP) is 2.20. The number of halogens is 1. The van der Waals surface area contributed by atoms with E-state index >= 15 is 0 Å². The van der Waals surface area contributed by atoms with Gasteiger partial charge < -0.3 is 30.2 Å². The molecule has 2 atom stereocenters. The normalized spacial score (nSPS) is 15.5. The minimum atomic E-state index is -0.743. The first-order valence-corrected chi connectivity index (χ1v) is 11.8. The highest BCUT2D eigenvalue weighted by atomic mass is 35.5. The monoisotopic (exact) mass is 491 g/mol. The summed E-state index contributed by atoms with van der Waals surface area (Å²) in [4.78, 5) is 0. The Labute approximate surface area is 205 Å². The average molecular weight is 492 g/mol. The number of aliphatic hydroxyl groups is 3. The molecule has 0 aliphatic carbocycles. The SMILES string of the molecule is Cc1cc(C(C)(C)c2ccc(OCC(O)CN3NNC=C3CO)cc2)ccc1OCC(O)CCl. The molecule has 0 radical (unpaired) electrons. The second-order valence-electron chi connectivity index (χ2n) is 8.87. The zero-order chi connectivity index (χ0) is 24.7. The summed E-state index contributed by atoms with van der Waals surface area (Å²) in [5.41, 5.74) is 9.27. The van der Waals surface area contributed by atoms with Crippen molar-refractivity contribution >= 4 is 11.6 Å². The molecule has 1 aliphatic heterocycles. The number of rotatable bonds is 12. The van der Waals surface area contributed by atoms with Gasteiger partial charge >= 0.3 is 0 Å². The van der Waals surface area contributed by atoms with E-state index in [0.29, 0.717) is 11.4 Å². The van der Waals surface area contributed by atoms with Crippen LogP contribution in [0.2, 0.25) is 0 Å². The Kier molecular flexibility index (Phi) is 9.04. The summed E-state index contributed by atoms with van der Waals surface area (Å²) in [7, 11) is 0. The molecule has 3 rings (SSSR count). The van der Waals surface area contributed by atoms with Crippen molar-refractivity contribution in [2.24, 2.45) is 0 Å². The molecule has 2 aromatic rings. The van der Waals surface area contributed by atoms with Gasteiger partial charge in [-0.2, -0.15) is 0 Å². The number of hydrazine groups is 2. The van der Waals surface area contributed by atoms with Crippen LogP contribution in [0.5, 0.6) is 11.5 Å². The fourth-order valence-corrected chi connectivity index (χ4v) is 3.75. The molecule has 186 valence electrons. The molecule has 5 N–H and O–H groups in total. The van der Waals surface area contributed by atoms with Crippen LogP contribution in [-0.2, 0) is 5.41 Å². The van der Waals surface area contributed by atoms with Crippen LogP contribution in [0.1, 0.15) is 30.5 Å². The summed E-state index contributed by atoms with van der Waals surface area (Å²) in [5, 5.41) is 30.8. The molecule has 0 amide bonds. The highest BCUT2D eigenvalue weighted by molar-refractivity contribution is 6.18. The molecule has 0 spiro atoms. The van der Waals surface area contributed by atoms with E-state index in [2.05, 4.69) is 30.9 Å². The third-order valence-electron chi connectivity index (χ3n) is 5.86. The van der Waals surface area contributed by atoms with Crippen molar-refractivity contribution in [1.29, 1.82) is 0 Å². The van der Waals surface area contributed by atoms with Gasteiger partial charge in [-0.25, -0.2) is 0 Å². The molecule has 34 heavy (non-hydrogen) atoms. The highest BCUT2D eigenvalue weighted by Gasteiger charge is 2.24. The molecule has 0 aromatic heterocycles. The van der Waals surface area contributed by atoms with E-state index in [1.807, 2.05) is 43.3 Å². The van der Waals surface area contributed by atoms with Crippen LogP contribution in [0.15, 0.2) is 54.4 Å². The second kappa shape index (κ2) is 11.8. The number of hydrogen-bond acceptors (Lipinski definition) is 8. The molecule has 0 saturated carbocycles. The molecule has 0 fully saturated rings. The fourth-order valence-electron chi connectivity index (χ4n) is 3.66. The highest BCUT2D eigenvalue weighted by Crippen LogP contribution is 2.34. The van der Waals surface area contributed by atoms with E-state index in [4.69, 9.17) is 21.1 Å². The smallest absolute Gasteiger partial charge is 0.122 e. The van der Waals surface area contributed by atoms with Crippen molar-refractivity contribution in [2.45, 2.75) is 38.4 Å². The standard InChI is InChI=1S/C25H34ClN3O5/c1-17-10-19(6-9-24(17)34-15-21(31)11-26)25(2,3)18-4-7-23(8-5-18)33-16-22(32)13-29-20(14-30)12-27-28-29/h4-10,12,21-22,27-28,30-32H,11,13-16H2,1-3H3. The van der Waals surface area contributed by atoms with Gasteiger partial charge in [-0.3, -0.25) is 5.01 Å². The van der Waals surface area contributed by atoms with Crippen molar-refractivity contribution < 1.29 is 24.8 Å². The largest absolute Gasteiger partial charge is 0.491 e. The first-order valence-electron chi connectivity index (χ1n) is 11.2. The van der Waals surface area contributed by atoms with E-state index in [1.165, 1.54) is 0 Å². The van der Waals surface area contributed by atoms with Crippen molar-refractivity contribution in [2.75, 3.05) is 32.2 Å². The maximum absolute atomic E-state index is 10.3. The minimum Gasteiger partial charge on any atom is -0.491 e. The Morgan fingerprint density at radius 1 is 1.00 bits per heavy atom. The van der Waals surface area contributed by atoms with Crippen LogP contribution in [0, 0.1) is 6.92 Å². The van der Waals surface area contributed by atoms with Crippen molar-refractivity contribution in [3.05, 3.63) is 71.1 Å². The van der Waals surface area contributed by atoms with Gasteiger partial charge in [-0.1, -0.05) is 38.1 Å². The van der Waals surface area contributed by atoms with Crippen LogP contribution >= 0.6 is 11.6 Å². The number of β-amino-alcohol motifs (C(OH)–C–C–N with tert-alkyl or cyclic N) is 1. The summed E-state index contributed by atoms with van der Waals surface area (Å²) in [6.07, 6.45) is 0.206. The third-order valence-corrected chi connectivity index (χ3v) is 6.22. The van der Waals surface area contributed by atoms with Crippen LogP contribution in [0.3, 0.4) is 0 Å². The zero-order valence-electron chi connectivity index (χ0n) is 19.8. The van der Waals surface area contributed by atoms with E-state index in [0.717, 1.165) is 22.4 Å². The summed E-state index contributed by atoms with van der Waals surface area (Å²) < 4.78 is 11.4. The summed E-state index contributed by atoms with van der Waals surface area (Å²) in [5.74, 6) is 1.53. The number of aryl methyl sites for hydroxylation is 1. The molecule has 2 unspecified atom stereocenters. The average Bonchev–Trinajstić information content (AvgIpc) is 3.28. The summed E-state index contributed by atoms with van der Waals surface area (Å²) in [6, 6.07) is 13.9. The molecular formula is C25H34ClN3O5. The third kappa shape index (κ3) is 6.55. The van der Waals surface area contributed by atoms with Crippen molar-refractivity contribution in [1.82, 2.24) is 16.0 Å². The Morgan fingerprint density at radius 3 is 2.32 bits per heavy atom. The van der Waals surface area contributed by atoms with E-state index in [1.54, 1.807) is 11.2 Å². The Balaban J connectivity index is 1.58.